The highest BCUT2D eigenvalue weighted by Gasteiger charge is 2.10. The van der Waals surface area contributed by atoms with Crippen LogP contribution in [0.2, 0.25) is 0 Å². The van der Waals surface area contributed by atoms with Gasteiger partial charge >= 0.3 is 5.97 Å². The van der Waals surface area contributed by atoms with Crippen LogP contribution < -0.4 is 10.1 Å². The number of pyridine rings is 1. The lowest BCUT2D eigenvalue weighted by molar-refractivity contribution is -0.118. The largest absolute Gasteiger partial charge is 0.484 e. The van der Waals surface area contributed by atoms with Crippen LogP contribution in [0, 0.1) is 0 Å². The van der Waals surface area contributed by atoms with Crippen molar-refractivity contribution in [3.63, 3.8) is 0 Å². The highest BCUT2D eigenvalue weighted by atomic mass is 16.5. The molecule has 0 atom stereocenters. The minimum atomic E-state index is -0.455. The van der Waals surface area contributed by atoms with Crippen LogP contribution in [0.1, 0.15) is 36.2 Å². The van der Waals surface area contributed by atoms with Crippen molar-refractivity contribution in [3.05, 3.63) is 53.7 Å². The van der Waals surface area contributed by atoms with E-state index in [1.807, 2.05) is 24.3 Å². The van der Waals surface area contributed by atoms with Gasteiger partial charge in [-0.05, 0) is 43.2 Å². The zero-order valence-electron chi connectivity index (χ0n) is 14.5. The van der Waals surface area contributed by atoms with Gasteiger partial charge in [-0.1, -0.05) is 25.5 Å². The van der Waals surface area contributed by atoms with Crippen molar-refractivity contribution in [3.8, 4) is 5.75 Å². The van der Waals surface area contributed by atoms with E-state index in [-0.39, 0.29) is 24.9 Å². The molecule has 0 saturated carbocycles. The first kappa shape index (κ1) is 18.4. The maximum absolute atomic E-state index is 12.0. The van der Waals surface area contributed by atoms with E-state index in [1.54, 1.807) is 6.92 Å². The molecule has 1 heterocycles. The van der Waals surface area contributed by atoms with Gasteiger partial charge in [0.05, 0.1) is 12.2 Å². The number of aryl methyl sites for hydroxylation is 1. The molecule has 6 nitrogen and oxygen atoms in total. The molecule has 0 spiro atoms. The average molecular weight is 342 g/mol. The fourth-order valence-corrected chi connectivity index (χ4v) is 2.21. The van der Waals surface area contributed by atoms with Crippen molar-refractivity contribution < 1.29 is 19.1 Å². The smallest absolute Gasteiger partial charge is 0.338 e. The Labute approximate surface area is 147 Å². The van der Waals surface area contributed by atoms with Gasteiger partial charge in [-0.15, -0.1) is 0 Å². The lowest BCUT2D eigenvalue weighted by atomic mass is 10.1. The third-order valence-electron chi connectivity index (χ3n) is 3.37. The fraction of sp³-hybridized carbons (Fsp3) is 0.316. The molecule has 0 saturated heterocycles. The van der Waals surface area contributed by atoms with Gasteiger partial charge in [0.2, 0.25) is 0 Å². The van der Waals surface area contributed by atoms with Crippen LogP contribution in [0.25, 0.3) is 0 Å². The second-order valence-corrected chi connectivity index (χ2v) is 5.38. The summed E-state index contributed by atoms with van der Waals surface area (Å²) < 4.78 is 10.4. The highest BCUT2D eigenvalue weighted by Crippen LogP contribution is 2.14. The van der Waals surface area contributed by atoms with E-state index in [0.29, 0.717) is 11.3 Å². The van der Waals surface area contributed by atoms with E-state index in [4.69, 9.17) is 9.47 Å². The van der Waals surface area contributed by atoms with Crippen LogP contribution in [0.5, 0.6) is 5.75 Å². The highest BCUT2D eigenvalue weighted by molar-refractivity contribution is 5.94. The minimum absolute atomic E-state index is 0.140. The normalized spacial score (nSPS) is 10.2. The summed E-state index contributed by atoms with van der Waals surface area (Å²) in [5.41, 5.74) is 1.57. The molecule has 0 aliphatic carbocycles. The van der Waals surface area contributed by atoms with Crippen LogP contribution in [0.4, 0.5) is 5.82 Å². The van der Waals surface area contributed by atoms with Crippen LogP contribution in [-0.4, -0.2) is 30.1 Å². The Morgan fingerprint density at radius 1 is 1.12 bits per heavy atom. The maximum Gasteiger partial charge on any atom is 0.338 e. The molecule has 0 radical (unpaired) electrons. The first-order valence-corrected chi connectivity index (χ1v) is 8.27. The van der Waals surface area contributed by atoms with Gasteiger partial charge in [-0.2, -0.15) is 0 Å². The van der Waals surface area contributed by atoms with Gasteiger partial charge in [-0.25, -0.2) is 9.78 Å². The molecule has 2 rings (SSSR count). The quantitative estimate of drug-likeness (QED) is 0.745. The van der Waals surface area contributed by atoms with Crippen LogP contribution in [-0.2, 0) is 16.0 Å². The fourth-order valence-electron chi connectivity index (χ4n) is 2.21. The zero-order valence-corrected chi connectivity index (χ0v) is 14.5. The number of benzene rings is 1. The van der Waals surface area contributed by atoms with Crippen LogP contribution in [0.15, 0.2) is 42.6 Å². The Bertz CT molecular complexity index is 714. The van der Waals surface area contributed by atoms with Crippen molar-refractivity contribution in [2.45, 2.75) is 26.7 Å². The molecule has 0 bridgehead atoms. The van der Waals surface area contributed by atoms with E-state index < -0.39 is 5.97 Å². The summed E-state index contributed by atoms with van der Waals surface area (Å²) in [4.78, 5) is 27.7. The molecule has 2 aromatic rings. The number of amides is 1. The van der Waals surface area contributed by atoms with E-state index in [9.17, 15) is 9.59 Å². The summed E-state index contributed by atoms with van der Waals surface area (Å²) in [6, 6.07) is 10.7. The first-order valence-electron chi connectivity index (χ1n) is 8.27. The van der Waals surface area contributed by atoms with Crippen LogP contribution in [0.3, 0.4) is 0 Å². The number of carbonyl (C=O) groups is 2. The molecular formula is C19H22N2O4. The predicted molar refractivity (Wildman–Crippen MR) is 94.8 cm³/mol. The Balaban J connectivity index is 1.87. The van der Waals surface area contributed by atoms with Crippen molar-refractivity contribution in [2.75, 3.05) is 18.5 Å². The van der Waals surface area contributed by atoms with Crippen LogP contribution >= 0.6 is 0 Å². The maximum atomic E-state index is 12.0. The van der Waals surface area contributed by atoms with Gasteiger partial charge in [-0.3, -0.25) is 4.79 Å². The SMILES string of the molecule is CCCc1ccc(OCC(=O)Nc2cc(C(=O)OCC)ccn2)cc1. The Morgan fingerprint density at radius 2 is 1.88 bits per heavy atom. The molecule has 0 aliphatic rings. The minimum Gasteiger partial charge on any atom is -0.484 e. The summed E-state index contributed by atoms with van der Waals surface area (Å²) in [6.45, 7) is 4.00. The molecule has 1 N–H and O–H groups in total. The molecule has 6 heteroatoms. The van der Waals surface area contributed by atoms with E-state index in [2.05, 4.69) is 17.2 Å². The third kappa shape index (κ3) is 5.91. The molecule has 0 aliphatic heterocycles. The van der Waals surface area contributed by atoms with Gasteiger partial charge in [0.15, 0.2) is 6.61 Å². The summed E-state index contributed by atoms with van der Waals surface area (Å²) >= 11 is 0. The molecule has 1 aromatic carbocycles. The van der Waals surface area contributed by atoms with Gasteiger partial charge in [0.1, 0.15) is 11.6 Å². The van der Waals surface area contributed by atoms with Gasteiger partial charge in [0, 0.05) is 6.20 Å². The van der Waals surface area contributed by atoms with Gasteiger partial charge < -0.3 is 14.8 Å². The molecular weight excluding hydrogens is 320 g/mol. The predicted octanol–water partition coefficient (Wildman–Crippen LogP) is 3.23. The Hall–Kier alpha value is -2.89. The van der Waals surface area contributed by atoms with Gasteiger partial charge in [0.25, 0.3) is 5.91 Å². The molecule has 1 amide bonds. The monoisotopic (exact) mass is 342 g/mol. The zero-order chi connectivity index (χ0) is 18.1. The Kier molecular flexibility index (Phi) is 6.95. The second kappa shape index (κ2) is 9.42. The number of nitrogens with one attached hydrogen (secondary N) is 1. The van der Waals surface area contributed by atoms with E-state index in [1.165, 1.54) is 23.9 Å². The number of ether oxygens (including phenoxy) is 2. The topological polar surface area (TPSA) is 77.5 Å². The van der Waals surface area contributed by atoms with Crippen molar-refractivity contribution >= 4 is 17.7 Å². The molecule has 0 fully saturated rings. The number of carbonyl (C=O) groups excluding carboxylic acids is 2. The van der Waals surface area contributed by atoms with Crippen molar-refractivity contribution in [1.29, 1.82) is 0 Å². The number of aromatic nitrogens is 1. The van der Waals surface area contributed by atoms with E-state index in [0.717, 1.165) is 12.8 Å². The summed E-state index contributed by atoms with van der Waals surface area (Å²) in [5.74, 6) is 0.0932. The molecule has 25 heavy (non-hydrogen) atoms. The number of esters is 1. The lowest BCUT2D eigenvalue weighted by Crippen LogP contribution is -2.21. The lowest BCUT2D eigenvalue weighted by Gasteiger charge is -2.08. The molecule has 1 aromatic heterocycles. The standard InChI is InChI=1S/C19H22N2O4/c1-3-5-14-6-8-16(9-7-14)25-13-18(22)21-17-12-15(10-11-20-17)19(23)24-4-2/h6-12H,3-5,13H2,1-2H3,(H,20,21,22). The second-order valence-electron chi connectivity index (χ2n) is 5.38. The first-order chi connectivity index (χ1) is 12.1. The summed E-state index contributed by atoms with van der Waals surface area (Å²) in [6.07, 6.45) is 3.54. The number of anilines is 1. The number of nitrogens with zero attached hydrogens (tertiary/aromatic N) is 1. The number of hydrogen-bond acceptors (Lipinski definition) is 5. The summed E-state index contributed by atoms with van der Waals surface area (Å²) in [7, 11) is 0. The summed E-state index contributed by atoms with van der Waals surface area (Å²) in [5, 5.41) is 2.60. The molecule has 0 unspecified atom stereocenters. The molecule has 132 valence electrons. The third-order valence-corrected chi connectivity index (χ3v) is 3.37. The number of hydrogen-bond donors (Lipinski definition) is 1. The van der Waals surface area contributed by atoms with Crippen molar-refractivity contribution in [1.82, 2.24) is 4.98 Å². The average Bonchev–Trinajstić information content (AvgIpc) is 2.62. The number of rotatable bonds is 8. The van der Waals surface area contributed by atoms with Crippen molar-refractivity contribution in [2.24, 2.45) is 0 Å². The van der Waals surface area contributed by atoms with E-state index >= 15 is 0 Å². The Morgan fingerprint density at radius 3 is 2.56 bits per heavy atom.